The Morgan fingerprint density at radius 1 is 0.633 bits per heavy atom. The van der Waals surface area contributed by atoms with Crippen molar-refractivity contribution in [2.24, 2.45) is 0 Å². The number of anilines is 2. The van der Waals surface area contributed by atoms with Gasteiger partial charge in [-0.25, -0.2) is 16.8 Å². The van der Waals surface area contributed by atoms with Crippen molar-refractivity contribution >= 4 is 31.4 Å². The minimum atomic E-state index is -3.82. The van der Waals surface area contributed by atoms with E-state index in [9.17, 15) is 16.8 Å². The predicted octanol–water partition coefficient (Wildman–Crippen LogP) is 3.91. The third-order valence-corrected chi connectivity index (χ3v) is 7.32. The van der Waals surface area contributed by atoms with E-state index in [1.807, 2.05) is 13.8 Å². The molecule has 0 heterocycles. The summed E-state index contributed by atoms with van der Waals surface area (Å²) in [5, 5.41) is 0. The fourth-order valence-electron chi connectivity index (χ4n) is 2.67. The maximum Gasteiger partial charge on any atom is 0.261 e. The summed E-state index contributed by atoms with van der Waals surface area (Å²) in [5.74, 6) is 0.610. The molecular formula is C21H22N2O5S2. The van der Waals surface area contributed by atoms with Gasteiger partial charge in [-0.15, -0.1) is 0 Å². The highest BCUT2D eigenvalue weighted by Crippen LogP contribution is 2.22. The molecule has 3 aromatic carbocycles. The average Bonchev–Trinajstić information content (AvgIpc) is 2.70. The summed E-state index contributed by atoms with van der Waals surface area (Å²) >= 11 is 0. The first-order chi connectivity index (χ1) is 14.1. The second-order valence-electron chi connectivity index (χ2n) is 6.71. The summed E-state index contributed by atoms with van der Waals surface area (Å²) in [6.07, 6.45) is 0. The fourth-order valence-corrected chi connectivity index (χ4v) is 4.87. The Morgan fingerprint density at radius 3 is 1.60 bits per heavy atom. The Morgan fingerprint density at radius 2 is 1.10 bits per heavy atom. The molecule has 3 rings (SSSR count). The van der Waals surface area contributed by atoms with Gasteiger partial charge in [0.2, 0.25) is 0 Å². The molecule has 2 N–H and O–H groups in total. The van der Waals surface area contributed by atoms with Gasteiger partial charge in [-0.3, -0.25) is 9.44 Å². The third kappa shape index (κ3) is 4.92. The van der Waals surface area contributed by atoms with E-state index < -0.39 is 20.0 Å². The van der Waals surface area contributed by atoms with Crippen LogP contribution in [0.25, 0.3) is 0 Å². The Labute approximate surface area is 176 Å². The maximum atomic E-state index is 12.6. The molecule has 0 aliphatic heterocycles. The minimum Gasteiger partial charge on any atom is -0.497 e. The van der Waals surface area contributed by atoms with Crippen LogP contribution in [-0.4, -0.2) is 23.9 Å². The molecular weight excluding hydrogens is 424 g/mol. The Balaban J connectivity index is 1.77. The summed E-state index contributed by atoms with van der Waals surface area (Å²) in [5.41, 5.74) is 2.50. The zero-order valence-electron chi connectivity index (χ0n) is 16.7. The second-order valence-corrected chi connectivity index (χ2v) is 10.1. The standard InChI is InChI=1S/C21H22N2O5S2/c1-15-4-11-21(14-16(15)2)30(26,27)23-18-7-12-20(13-8-18)29(24,25)22-17-5-9-19(28-3)10-6-17/h4-14,22-23H,1-3H3. The quantitative estimate of drug-likeness (QED) is 0.573. The number of nitrogens with one attached hydrogen (secondary N) is 2. The Bertz CT molecular complexity index is 1250. The lowest BCUT2D eigenvalue weighted by Crippen LogP contribution is -2.14. The van der Waals surface area contributed by atoms with E-state index in [-0.39, 0.29) is 15.5 Å². The van der Waals surface area contributed by atoms with E-state index in [2.05, 4.69) is 9.44 Å². The van der Waals surface area contributed by atoms with Gasteiger partial charge < -0.3 is 4.74 Å². The van der Waals surface area contributed by atoms with E-state index in [1.54, 1.807) is 36.4 Å². The molecule has 0 atom stereocenters. The van der Waals surface area contributed by atoms with Crippen LogP contribution in [0.4, 0.5) is 11.4 Å². The number of aryl methyl sites for hydroxylation is 2. The highest BCUT2D eigenvalue weighted by molar-refractivity contribution is 7.93. The number of benzene rings is 3. The molecule has 0 bridgehead atoms. The Hall–Kier alpha value is -3.04. The SMILES string of the molecule is COc1ccc(NS(=O)(=O)c2ccc(NS(=O)(=O)c3ccc(C)c(C)c3)cc2)cc1. The van der Waals surface area contributed by atoms with Crippen LogP contribution in [-0.2, 0) is 20.0 Å². The van der Waals surface area contributed by atoms with Gasteiger partial charge in [0.1, 0.15) is 5.75 Å². The number of ether oxygens (including phenoxy) is 1. The van der Waals surface area contributed by atoms with Gasteiger partial charge in [-0.05, 0) is 85.6 Å². The molecule has 158 valence electrons. The highest BCUT2D eigenvalue weighted by Gasteiger charge is 2.17. The van der Waals surface area contributed by atoms with Gasteiger partial charge >= 0.3 is 0 Å². The van der Waals surface area contributed by atoms with Crippen molar-refractivity contribution < 1.29 is 21.6 Å². The van der Waals surface area contributed by atoms with E-state index in [4.69, 9.17) is 4.74 Å². The summed E-state index contributed by atoms with van der Waals surface area (Å²) in [6, 6.07) is 16.8. The van der Waals surface area contributed by atoms with Crippen molar-refractivity contribution in [3.05, 3.63) is 77.9 Å². The number of sulfonamides is 2. The first-order valence-corrected chi connectivity index (χ1v) is 11.9. The fraction of sp³-hybridized carbons (Fsp3) is 0.143. The molecule has 0 aliphatic carbocycles. The van der Waals surface area contributed by atoms with Crippen LogP contribution in [0, 0.1) is 13.8 Å². The van der Waals surface area contributed by atoms with Crippen LogP contribution in [0.3, 0.4) is 0 Å². The lowest BCUT2D eigenvalue weighted by molar-refractivity contribution is 0.415. The zero-order chi connectivity index (χ0) is 21.9. The molecule has 0 aliphatic rings. The molecule has 0 aromatic heterocycles. The molecule has 0 saturated heterocycles. The van der Waals surface area contributed by atoms with Crippen molar-refractivity contribution in [2.75, 3.05) is 16.6 Å². The third-order valence-electron chi connectivity index (χ3n) is 4.55. The van der Waals surface area contributed by atoms with Crippen LogP contribution >= 0.6 is 0 Å². The van der Waals surface area contributed by atoms with Gasteiger partial charge in [0.25, 0.3) is 20.0 Å². The van der Waals surface area contributed by atoms with E-state index in [1.165, 1.54) is 37.4 Å². The van der Waals surface area contributed by atoms with Crippen molar-refractivity contribution in [3.8, 4) is 5.75 Å². The lowest BCUT2D eigenvalue weighted by atomic mass is 10.1. The molecule has 0 unspecified atom stereocenters. The first-order valence-electron chi connectivity index (χ1n) is 8.98. The monoisotopic (exact) mass is 446 g/mol. The molecule has 0 fully saturated rings. The van der Waals surface area contributed by atoms with Crippen molar-refractivity contribution in [1.82, 2.24) is 0 Å². The van der Waals surface area contributed by atoms with Crippen LogP contribution < -0.4 is 14.2 Å². The number of rotatable bonds is 7. The van der Waals surface area contributed by atoms with Crippen molar-refractivity contribution in [2.45, 2.75) is 23.6 Å². The molecule has 0 saturated carbocycles. The normalized spacial score (nSPS) is 11.7. The predicted molar refractivity (Wildman–Crippen MR) is 117 cm³/mol. The number of hydrogen-bond donors (Lipinski definition) is 2. The lowest BCUT2D eigenvalue weighted by Gasteiger charge is -2.11. The topological polar surface area (TPSA) is 102 Å². The number of methoxy groups -OCH3 is 1. The molecule has 0 spiro atoms. The summed E-state index contributed by atoms with van der Waals surface area (Å²) in [7, 11) is -6.08. The van der Waals surface area contributed by atoms with Gasteiger partial charge in [-0.2, -0.15) is 0 Å². The molecule has 9 heteroatoms. The summed E-state index contributed by atoms with van der Waals surface area (Å²) in [6.45, 7) is 3.74. The largest absolute Gasteiger partial charge is 0.497 e. The average molecular weight is 447 g/mol. The molecule has 3 aromatic rings. The van der Waals surface area contributed by atoms with Gasteiger partial charge in [0.15, 0.2) is 0 Å². The van der Waals surface area contributed by atoms with E-state index in [0.29, 0.717) is 11.4 Å². The van der Waals surface area contributed by atoms with Crippen LogP contribution in [0.5, 0.6) is 5.75 Å². The van der Waals surface area contributed by atoms with Crippen molar-refractivity contribution in [1.29, 1.82) is 0 Å². The zero-order valence-corrected chi connectivity index (χ0v) is 18.3. The van der Waals surface area contributed by atoms with Gasteiger partial charge in [0, 0.05) is 11.4 Å². The molecule has 30 heavy (non-hydrogen) atoms. The first kappa shape index (κ1) is 21.7. The minimum absolute atomic E-state index is 0.00689. The van der Waals surface area contributed by atoms with Crippen molar-refractivity contribution in [3.63, 3.8) is 0 Å². The van der Waals surface area contributed by atoms with E-state index in [0.717, 1.165) is 11.1 Å². The van der Waals surface area contributed by atoms with Gasteiger partial charge in [0.05, 0.1) is 16.9 Å². The summed E-state index contributed by atoms with van der Waals surface area (Å²) < 4.78 is 60.3. The van der Waals surface area contributed by atoms with E-state index >= 15 is 0 Å². The van der Waals surface area contributed by atoms with Crippen LogP contribution in [0.15, 0.2) is 76.5 Å². The van der Waals surface area contributed by atoms with Crippen LogP contribution in [0.1, 0.15) is 11.1 Å². The van der Waals surface area contributed by atoms with Gasteiger partial charge in [-0.1, -0.05) is 6.07 Å². The molecule has 0 radical (unpaired) electrons. The number of hydrogen-bond acceptors (Lipinski definition) is 5. The molecule has 7 nitrogen and oxygen atoms in total. The summed E-state index contributed by atoms with van der Waals surface area (Å²) in [4.78, 5) is 0.149. The van der Waals surface area contributed by atoms with Crippen LogP contribution in [0.2, 0.25) is 0 Å². The maximum absolute atomic E-state index is 12.6. The molecule has 0 amide bonds. The smallest absolute Gasteiger partial charge is 0.261 e. The Kier molecular flexibility index (Phi) is 6.04. The second kappa shape index (κ2) is 8.37. The highest BCUT2D eigenvalue weighted by atomic mass is 32.2.